The maximum atomic E-state index is 14.0. The zero-order valence-corrected chi connectivity index (χ0v) is 28.7. The van der Waals surface area contributed by atoms with Crippen LogP contribution in [0.25, 0.3) is 10.8 Å². The fourth-order valence-corrected chi connectivity index (χ4v) is 7.07. The van der Waals surface area contributed by atoms with Crippen LogP contribution >= 0.6 is 7.82 Å². The molecule has 49 heavy (non-hydrogen) atoms. The molecule has 1 aliphatic rings. The van der Waals surface area contributed by atoms with Crippen LogP contribution in [-0.4, -0.2) is 75.8 Å². The standard InChI is InChI=1S/C35H43F3N3O7P/c1-5-25(27-17-11-15-23-12-9-10-16-26(23)27)33(43)39-30(21(2)3)34(44)40-31(32(42)24-13-7-6-8-14-24)28(48-49(45,46)47)20-41-19-22(4)18-29(41)35(36,37)38/h6-17,21-22,25,28-31H,5,18-20H2,1-4H3,(H,39,43)(H,40,44)(H2,45,46,47). The number of hydrogen-bond donors (Lipinski definition) is 4. The van der Waals surface area contributed by atoms with Crippen molar-refractivity contribution in [2.24, 2.45) is 11.8 Å². The van der Waals surface area contributed by atoms with Crippen LogP contribution in [0.3, 0.4) is 0 Å². The van der Waals surface area contributed by atoms with Crippen LogP contribution in [0.1, 0.15) is 62.4 Å². The van der Waals surface area contributed by atoms with E-state index in [2.05, 4.69) is 10.6 Å². The van der Waals surface area contributed by atoms with E-state index in [1.165, 1.54) is 24.3 Å². The molecule has 0 saturated carbocycles. The molecule has 6 atom stereocenters. The number of alkyl halides is 3. The van der Waals surface area contributed by atoms with Crippen molar-refractivity contribution in [2.75, 3.05) is 13.1 Å². The molecule has 14 heteroatoms. The Bertz CT molecular complexity index is 1660. The molecular weight excluding hydrogens is 662 g/mol. The molecule has 4 rings (SSSR count). The zero-order chi connectivity index (χ0) is 36.1. The quantitative estimate of drug-likeness (QED) is 0.126. The molecule has 0 radical (unpaired) electrons. The zero-order valence-electron chi connectivity index (χ0n) is 27.8. The van der Waals surface area contributed by atoms with Gasteiger partial charge < -0.3 is 20.4 Å². The third-order valence-electron chi connectivity index (χ3n) is 8.86. The summed E-state index contributed by atoms with van der Waals surface area (Å²) in [6, 6.07) is 15.7. The van der Waals surface area contributed by atoms with Gasteiger partial charge in [-0.05, 0) is 41.0 Å². The molecule has 4 N–H and O–H groups in total. The van der Waals surface area contributed by atoms with Gasteiger partial charge in [0.25, 0.3) is 0 Å². The van der Waals surface area contributed by atoms with Gasteiger partial charge in [-0.15, -0.1) is 0 Å². The Kier molecular flexibility index (Phi) is 12.4. The first kappa shape index (κ1) is 38.2. The highest BCUT2D eigenvalue weighted by molar-refractivity contribution is 7.46. The number of nitrogens with zero attached hydrogens (tertiary/aromatic N) is 1. The molecule has 0 aromatic heterocycles. The fraction of sp³-hybridized carbons (Fsp3) is 0.457. The highest BCUT2D eigenvalue weighted by Gasteiger charge is 2.50. The van der Waals surface area contributed by atoms with Gasteiger partial charge in [-0.25, -0.2) is 4.57 Å². The number of halogens is 3. The summed E-state index contributed by atoms with van der Waals surface area (Å²) in [5, 5.41) is 7.11. The van der Waals surface area contributed by atoms with Gasteiger partial charge in [0, 0.05) is 18.7 Å². The minimum Gasteiger partial charge on any atom is -0.344 e. The number of fused-ring (bicyclic) bond motifs is 1. The lowest BCUT2D eigenvalue weighted by Crippen LogP contribution is -2.59. The summed E-state index contributed by atoms with van der Waals surface area (Å²) < 4.78 is 59.2. The normalized spacial score (nSPS) is 19.7. The first-order chi connectivity index (χ1) is 23.0. The summed E-state index contributed by atoms with van der Waals surface area (Å²) in [4.78, 5) is 62.3. The lowest BCUT2D eigenvalue weighted by molar-refractivity contribution is -0.178. The average Bonchev–Trinajstić information content (AvgIpc) is 3.42. The van der Waals surface area contributed by atoms with Crippen molar-refractivity contribution >= 4 is 36.2 Å². The SMILES string of the molecule is CCC(C(=O)NC(C(=O)NC(C(=O)c1ccccc1)C(CN1CC(C)CC1C(F)(F)F)OP(=O)(O)O)C(C)C)c1cccc2ccccc12. The molecule has 10 nitrogen and oxygen atoms in total. The van der Waals surface area contributed by atoms with Crippen LogP contribution in [0.2, 0.25) is 0 Å². The number of carbonyl (C=O) groups excluding carboxylic acids is 3. The number of phosphoric ester groups is 1. The number of likely N-dealkylation sites (tertiary alicyclic amines) is 1. The number of Topliss-reactive ketones (excluding diaryl/α,β-unsaturated/α-hetero) is 1. The summed E-state index contributed by atoms with van der Waals surface area (Å²) in [7, 11) is -5.40. The lowest BCUT2D eigenvalue weighted by atomic mass is 9.90. The Morgan fingerprint density at radius 2 is 1.55 bits per heavy atom. The van der Waals surface area contributed by atoms with Gasteiger partial charge in [-0.2, -0.15) is 13.2 Å². The van der Waals surface area contributed by atoms with Crippen LogP contribution in [0.5, 0.6) is 0 Å². The van der Waals surface area contributed by atoms with Gasteiger partial charge in [0.15, 0.2) is 5.78 Å². The van der Waals surface area contributed by atoms with Gasteiger partial charge >= 0.3 is 14.0 Å². The van der Waals surface area contributed by atoms with Crippen molar-refractivity contribution in [1.82, 2.24) is 15.5 Å². The highest BCUT2D eigenvalue weighted by Crippen LogP contribution is 2.41. The van der Waals surface area contributed by atoms with Crippen molar-refractivity contribution in [3.63, 3.8) is 0 Å². The van der Waals surface area contributed by atoms with E-state index in [1.807, 2.05) is 49.4 Å². The van der Waals surface area contributed by atoms with Gasteiger partial charge in [0.05, 0.1) is 5.92 Å². The molecule has 2 amide bonds. The smallest absolute Gasteiger partial charge is 0.344 e. The summed E-state index contributed by atoms with van der Waals surface area (Å²) in [6.07, 6.45) is -6.41. The summed E-state index contributed by atoms with van der Waals surface area (Å²) in [5.41, 5.74) is 0.786. The number of benzene rings is 3. The first-order valence-electron chi connectivity index (χ1n) is 16.2. The molecule has 1 fully saturated rings. The Balaban J connectivity index is 1.67. The molecule has 1 aliphatic heterocycles. The molecule has 3 aromatic carbocycles. The van der Waals surface area contributed by atoms with E-state index in [4.69, 9.17) is 4.52 Å². The molecule has 0 aliphatic carbocycles. The number of nitrogens with one attached hydrogen (secondary N) is 2. The largest absolute Gasteiger partial charge is 0.469 e. The van der Waals surface area contributed by atoms with Gasteiger partial charge in [0.1, 0.15) is 24.2 Å². The van der Waals surface area contributed by atoms with E-state index in [-0.39, 0.29) is 18.5 Å². The number of rotatable bonds is 14. The number of ketones is 1. The summed E-state index contributed by atoms with van der Waals surface area (Å²) in [6.45, 7) is 5.98. The number of amides is 2. The molecule has 0 bridgehead atoms. The molecule has 6 unspecified atom stereocenters. The van der Waals surface area contributed by atoms with E-state index in [9.17, 15) is 41.9 Å². The minimum absolute atomic E-state index is 0.0291. The van der Waals surface area contributed by atoms with Crippen LogP contribution in [0.4, 0.5) is 13.2 Å². The second-order valence-electron chi connectivity index (χ2n) is 13.0. The van der Waals surface area contributed by atoms with E-state index in [0.29, 0.717) is 6.42 Å². The summed E-state index contributed by atoms with van der Waals surface area (Å²) in [5.74, 6) is -3.75. The van der Waals surface area contributed by atoms with Crippen molar-refractivity contribution in [1.29, 1.82) is 0 Å². The molecule has 3 aromatic rings. The van der Waals surface area contributed by atoms with Gasteiger partial charge in [0.2, 0.25) is 11.8 Å². The predicted octanol–water partition coefficient (Wildman–Crippen LogP) is 5.59. The Hall–Kier alpha value is -3.61. The van der Waals surface area contributed by atoms with Crippen LogP contribution in [0, 0.1) is 11.8 Å². The molecule has 1 heterocycles. The molecule has 1 saturated heterocycles. The third kappa shape index (κ3) is 9.76. The molecule has 0 spiro atoms. The van der Waals surface area contributed by atoms with Crippen molar-refractivity contribution in [2.45, 2.75) is 76.9 Å². The van der Waals surface area contributed by atoms with E-state index < -0.39 is 80.1 Å². The number of carbonyl (C=O) groups is 3. The molecule has 266 valence electrons. The second kappa shape index (κ2) is 15.9. The number of phosphoric acid groups is 1. The van der Waals surface area contributed by atoms with E-state index >= 15 is 0 Å². The average molecular weight is 706 g/mol. The topological polar surface area (TPSA) is 145 Å². The first-order valence-corrected chi connectivity index (χ1v) is 17.8. The Labute approximate surface area is 283 Å². The predicted molar refractivity (Wildman–Crippen MR) is 179 cm³/mol. The van der Waals surface area contributed by atoms with Crippen molar-refractivity contribution < 1.29 is 46.4 Å². The number of hydrogen-bond acceptors (Lipinski definition) is 6. The van der Waals surface area contributed by atoms with Crippen LogP contribution in [-0.2, 0) is 18.7 Å². The van der Waals surface area contributed by atoms with E-state index in [0.717, 1.165) is 21.2 Å². The maximum Gasteiger partial charge on any atom is 0.469 e. The van der Waals surface area contributed by atoms with Crippen molar-refractivity contribution in [3.8, 4) is 0 Å². The monoisotopic (exact) mass is 705 g/mol. The summed E-state index contributed by atoms with van der Waals surface area (Å²) >= 11 is 0. The fourth-order valence-electron chi connectivity index (χ4n) is 6.52. The Morgan fingerprint density at radius 3 is 2.16 bits per heavy atom. The Morgan fingerprint density at radius 1 is 0.939 bits per heavy atom. The lowest BCUT2D eigenvalue weighted by Gasteiger charge is -2.34. The maximum absolute atomic E-state index is 14.0. The van der Waals surface area contributed by atoms with E-state index in [1.54, 1.807) is 26.8 Å². The third-order valence-corrected chi connectivity index (χ3v) is 9.40. The molecular formula is C35H43F3N3O7P. The van der Waals surface area contributed by atoms with Gasteiger partial charge in [-0.3, -0.25) is 23.8 Å². The van der Waals surface area contributed by atoms with Crippen LogP contribution < -0.4 is 10.6 Å². The highest BCUT2D eigenvalue weighted by atomic mass is 31.2. The van der Waals surface area contributed by atoms with Crippen molar-refractivity contribution in [3.05, 3.63) is 83.9 Å². The minimum atomic E-state index is -5.40. The van der Waals surface area contributed by atoms with Gasteiger partial charge in [-0.1, -0.05) is 100 Å². The second-order valence-corrected chi connectivity index (χ2v) is 14.2. The van der Waals surface area contributed by atoms with Crippen LogP contribution in [0.15, 0.2) is 72.8 Å².